The van der Waals surface area contributed by atoms with Crippen molar-refractivity contribution < 1.29 is 13.2 Å². The Hall–Kier alpha value is -0.900. The van der Waals surface area contributed by atoms with Crippen LogP contribution in [0, 0.1) is 0 Å². The van der Waals surface area contributed by atoms with Gasteiger partial charge in [0.1, 0.15) is 0 Å². The summed E-state index contributed by atoms with van der Waals surface area (Å²) < 4.78 is 37.2. The lowest BCUT2D eigenvalue weighted by Gasteiger charge is -2.11. The first-order valence-electron chi connectivity index (χ1n) is 4.10. The highest BCUT2D eigenvalue weighted by atomic mass is 35.5. The molecule has 0 radical (unpaired) electrons. The zero-order valence-electron chi connectivity index (χ0n) is 7.11. The van der Waals surface area contributed by atoms with Gasteiger partial charge in [0.2, 0.25) is 0 Å². The van der Waals surface area contributed by atoms with Gasteiger partial charge in [-0.1, -0.05) is 11.6 Å². The molecule has 0 atom stereocenters. The fourth-order valence-corrected chi connectivity index (χ4v) is 1.46. The van der Waals surface area contributed by atoms with Gasteiger partial charge in [-0.25, -0.2) is 0 Å². The van der Waals surface area contributed by atoms with Crippen LogP contribution in [0.15, 0.2) is 18.2 Å². The van der Waals surface area contributed by atoms with Crippen LogP contribution in [0.3, 0.4) is 0 Å². The van der Waals surface area contributed by atoms with Gasteiger partial charge in [-0.15, -0.1) is 0 Å². The molecule has 1 aromatic rings. The Kier molecular flexibility index (Phi) is 2.10. The molecule has 0 bridgehead atoms. The maximum atomic E-state index is 12.4. The number of hydrogen-bond acceptors (Lipinski definition) is 1. The highest BCUT2D eigenvalue weighted by Gasteiger charge is 2.34. The van der Waals surface area contributed by atoms with Crippen molar-refractivity contribution in [2.45, 2.75) is 6.18 Å². The van der Waals surface area contributed by atoms with Crippen molar-refractivity contribution in [2.75, 3.05) is 18.0 Å². The van der Waals surface area contributed by atoms with Gasteiger partial charge >= 0.3 is 6.18 Å². The van der Waals surface area contributed by atoms with Gasteiger partial charge in [0, 0.05) is 18.8 Å². The molecule has 1 aliphatic heterocycles. The molecule has 5 heteroatoms. The molecule has 1 saturated heterocycles. The predicted molar refractivity (Wildman–Crippen MR) is 48.7 cm³/mol. The quantitative estimate of drug-likeness (QED) is 0.659. The van der Waals surface area contributed by atoms with E-state index in [1.807, 2.05) is 4.90 Å². The van der Waals surface area contributed by atoms with Crippen molar-refractivity contribution in [3.05, 3.63) is 28.8 Å². The van der Waals surface area contributed by atoms with E-state index in [2.05, 4.69) is 0 Å². The molecule has 0 aliphatic carbocycles. The van der Waals surface area contributed by atoms with Crippen LogP contribution in [0.2, 0.25) is 5.02 Å². The molecular weight excluding hydrogens is 215 g/mol. The van der Waals surface area contributed by atoms with Gasteiger partial charge in [-0.2, -0.15) is 13.2 Å². The summed E-state index contributed by atoms with van der Waals surface area (Å²) in [5, 5.41) is -0.247. The van der Waals surface area contributed by atoms with Gasteiger partial charge in [0.25, 0.3) is 0 Å². The molecule has 1 heterocycles. The summed E-state index contributed by atoms with van der Waals surface area (Å²) in [4.78, 5) is 1.84. The molecule has 0 spiro atoms. The summed E-state index contributed by atoms with van der Waals surface area (Å²) >= 11 is 5.47. The lowest BCUT2D eigenvalue weighted by Crippen LogP contribution is -2.06. The Labute approximate surface area is 84.1 Å². The second-order valence-corrected chi connectivity index (χ2v) is 3.56. The fourth-order valence-electron chi connectivity index (χ4n) is 1.24. The van der Waals surface area contributed by atoms with E-state index in [0.717, 1.165) is 19.2 Å². The van der Waals surface area contributed by atoms with E-state index in [9.17, 15) is 13.2 Å². The maximum Gasteiger partial charge on any atom is 0.417 e. The molecular formula is C9H7ClF3N. The fraction of sp³-hybridized carbons (Fsp3) is 0.333. The lowest BCUT2D eigenvalue weighted by atomic mass is 10.2. The van der Waals surface area contributed by atoms with Gasteiger partial charge in [0.05, 0.1) is 10.6 Å². The van der Waals surface area contributed by atoms with Crippen LogP contribution in [-0.2, 0) is 6.18 Å². The molecule has 0 aromatic heterocycles. The van der Waals surface area contributed by atoms with Crippen LogP contribution in [0.5, 0.6) is 0 Å². The Balaban J connectivity index is 2.41. The van der Waals surface area contributed by atoms with Crippen LogP contribution in [0.1, 0.15) is 5.56 Å². The minimum atomic E-state index is -4.37. The summed E-state index contributed by atoms with van der Waals surface area (Å²) in [6.07, 6.45) is -4.37. The summed E-state index contributed by atoms with van der Waals surface area (Å²) in [6, 6.07) is 3.98. The molecule has 1 aliphatic rings. The Bertz CT molecular complexity index is 358. The van der Waals surface area contributed by atoms with E-state index >= 15 is 0 Å². The zero-order valence-corrected chi connectivity index (χ0v) is 7.86. The highest BCUT2D eigenvalue weighted by molar-refractivity contribution is 6.31. The second kappa shape index (κ2) is 3.05. The number of halogens is 4. The summed E-state index contributed by atoms with van der Waals surface area (Å²) in [7, 11) is 0. The third-order valence-electron chi connectivity index (χ3n) is 2.07. The maximum absolute atomic E-state index is 12.4. The third kappa shape index (κ3) is 1.80. The van der Waals surface area contributed by atoms with Crippen LogP contribution in [-0.4, -0.2) is 13.1 Å². The molecule has 1 nitrogen and oxygen atoms in total. The van der Waals surface area contributed by atoms with Crippen molar-refractivity contribution >= 4 is 17.3 Å². The number of alkyl halides is 3. The van der Waals surface area contributed by atoms with Crippen LogP contribution >= 0.6 is 11.6 Å². The third-order valence-corrected chi connectivity index (χ3v) is 2.40. The Morgan fingerprint density at radius 1 is 1.21 bits per heavy atom. The molecule has 76 valence electrons. The summed E-state index contributed by atoms with van der Waals surface area (Å²) in [5.41, 5.74) is -0.176. The van der Waals surface area contributed by atoms with Crippen molar-refractivity contribution in [3.63, 3.8) is 0 Å². The largest absolute Gasteiger partial charge is 0.417 e. The van der Waals surface area contributed by atoms with Crippen LogP contribution < -0.4 is 4.90 Å². The molecule has 0 amide bonds. The van der Waals surface area contributed by atoms with Crippen LogP contribution in [0.25, 0.3) is 0 Å². The van der Waals surface area contributed by atoms with Gasteiger partial charge in [0.15, 0.2) is 0 Å². The molecule has 1 fully saturated rings. The van der Waals surface area contributed by atoms with Crippen LogP contribution in [0.4, 0.5) is 18.9 Å². The summed E-state index contributed by atoms with van der Waals surface area (Å²) in [5.74, 6) is 0. The van der Waals surface area contributed by atoms with E-state index in [-0.39, 0.29) is 5.02 Å². The monoisotopic (exact) mass is 221 g/mol. The number of rotatable bonds is 1. The van der Waals surface area contributed by atoms with Gasteiger partial charge < -0.3 is 4.90 Å². The molecule has 0 saturated carbocycles. The van der Waals surface area contributed by atoms with Crippen molar-refractivity contribution in [3.8, 4) is 0 Å². The number of hydrogen-bond donors (Lipinski definition) is 0. The molecule has 2 rings (SSSR count). The smallest absolute Gasteiger partial charge is 0.368 e. The lowest BCUT2D eigenvalue weighted by molar-refractivity contribution is -0.137. The van der Waals surface area contributed by atoms with E-state index < -0.39 is 11.7 Å². The molecule has 0 unspecified atom stereocenters. The van der Waals surface area contributed by atoms with E-state index in [1.165, 1.54) is 6.07 Å². The second-order valence-electron chi connectivity index (χ2n) is 3.15. The first-order chi connectivity index (χ1) is 6.48. The van der Waals surface area contributed by atoms with Crippen molar-refractivity contribution in [1.29, 1.82) is 0 Å². The minimum absolute atomic E-state index is 0.247. The van der Waals surface area contributed by atoms with E-state index in [1.54, 1.807) is 6.07 Å². The van der Waals surface area contributed by atoms with E-state index in [4.69, 9.17) is 11.6 Å². The number of nitrogens with zero attached hydrogens (tertiary/aromatic N) is 1. The first kappa shape index (κ1) is 9.65. The van der Waals surface area contributed by atoms with E-state index in [0.29, 0.717) is 5.69 Å². The standard InChI is InChI=1S/C9H7ClF3N/c10-8-2-1-6(14-3-4-14)5-7(8)9(11,12)13/h1-2,5H,3-4H2. The van der Waals surface area contributed by atoms with Crippen molar-refractivity contribution in [2.24, 2.45) is 0 Å². The van der Waals surface area contributed by atoms with Crippen molar-refractivity contribution in [1.82, 2.24) is 0 Å². The van der Waals surface area contributed by atoms with Gasteiger partial charge in [-0.3, -0.25) is 0 Å². The molecule has 14 heavy (non-hydrogen) atoms. The number of benzene rings is 1. The summed E-state index contributed by atoms with van der Waals surface area (Å²) in [6.45, 7) is 1.64. The average Bonchev–Trinajstić information content (AvgIpc) is 2.85. The predicted octanol–water partition coefficient (Wildman–Crippen LogP) is 3.18. The normalized spacial score (nSPS) is 15.9. The zero-order chi connectivity index (χ0) is 10.3. The number of anilines is 1. The van der Waals surface area contributed by atoms with Gasteiger partial charge in [-0.05, 0) is 18.2 Å². The molecule has 1 aromatic carbocycles. The SMILES string of the molecule is FC(F)(F)c1cc(N2CC2)ccc1Cl. The average molecular weight is 222 g/mol. The first-order valence-corrected chi connectivity index (χ1v) is 4.48. The Morgan fingerprint density at radius 3 is 2.36 bits per heavy atom. The Morgan fingerprint density at radius 2 is 1.86 bits per heavy atom. The minimum Gasteiger partial charge on any atom is -0.368 e. The molecule has 0 N–H and O–H groups in total. The topological polar surface area (TPSA) is 3.01 Å². The highest BCUT2D eigenvalue weighted by Crippen LogP contribution is 2.37.